The average Bonchev–Trinajstić information content (AvgIpc) is 3.39. The number of allylic oxidation sites excluding steroid dienone is 2. The van der Waals surface area contributed by atoms with Crippen molar-refractivity contribution in [2.24, 2.45) is 17.8 Å². The Morgan fingerprint density at radius 2 is 1.72 bits per heavy atom. The fourth-order valence-electron chi connectivity index (χ4n) is 5.32. The van der Waals surface area contributed by atoms with E-state index in [0.717, 1.165) is 37.0 Å². The van der Waals surface area contributed by atoms with Crippen molar-refractivity contribution < 1.29 is 18.3 Å². The number of halogens is 2. The molecule has 3 unspecified atom stereocenters. The Bertz CT molecular complexity index is 935. The van der Waals surface area contributed by atoms with E-state index in [1.54, 1.807) is 23.8 Å². The lowest BCUT2D eigenvalue weighted by molar-refractivity contribution is 0.208. The van der Waals surface area contributed by atoms with Crippen molar-refractivity contribution >= 4 is 0 Å². The molecule has 1 saturated carbocycles. The van der Waals surface area contributed by atoms with Gasteiger partial charge in [0.05, 0.1) is 13.2 Å². The Hall–Kier alpha value is -2.36. The van der Waals surface area contributed by atoms with Gasteiger partial charge in [-0.1, -0.05) is 50.5 Å². The first-order chi connectivity index (χ1) is 15.6. The van der Waals surface area contributed by atoms with Crippen molar-refractivity contribution in [3.05, 3.63) is 59.7 Å². The van der Waals surface area contributed by atoms with Gasteiger partial charge in [-0.15, -0.1) is 0 Å². The van der Waals surface area contributed by atoms with Crippen LogP contribution in [-0.2, 0) is 0 Å². The minimum absolute atomic E-state index is 0.0296. The lowest BCUT2D eigenvalue weighted by Gasteiger charge is -2.20. The zero-order valence-electron chi connectivity index (χ0n) is 19.2. The SMILES string of the molecule is CCCCOc1ccc(-c2ccc(OCC3CCC4C(CCC)=CCC34)cc2)c(F)c1F. The molecule has 4 heteroatoms. The molecule has 2 aliphatic rings. The highest BCUT2D eigenvalue weighted by atomic mass is 19.2. The molecule has 0 heterocycles. The molecule has 0 radical (unpaired) electrons. The van der Waals surface area contributed by atoms with E-state index >= 15 is 0 Å². The number of hydrogen-bond acceptors (Lipinski definition) is 2. The summed E-state index contributed by atoms with van der Waals surface area (Å²) in [7, 11) is 0. The van der Waals surface area contributed by atoms with E-state index < -0.39 is 11.6 Å². The van der Waals surface area contributed by atoms with Gasteiger partial charge >= 0.3 is 0 Å². The molecule has 2 aromatic rings. The molecule has 0 saturated heterocycles. The van der Waals surface area contributed by atoms with Crippen molar-refractivity contribution in [2.45, 2.75) is 58.8 Å². The van der Waals surface area contributed by atoms with Crippen LogP contribution in [0.25, 0.3) is 11.1 Å². The molecule has 172 valence electrons. The number of fused-ring (bicyclic) bond motifs is 1. The van der Waals surface area contributed by atoms with Crippen LogP contribution in [0.4, 0.5) is 8.78 Å². The number of unbranched alkanes of at least 4 members (excludes halogenated alkanes) is 1. The van der Waals surface area contributed by atoms with E-state index in [1.165, 1.54) is 38.2 Å². The first-order valence-corrected chi connectivity index (χ1v) is 12.1. The topological polar surface area (TPSA) is 18.5 Å². The maximum absolute atomic E-state index is 14.6. The Kier molecular flexibility index (Phi) is 7.49. The Morgan fingerprint density at radius 1 is 0.906 bits per heavy atom. The fraction of sp³-hybridized carbons (Fsp3) is 0.500. The fourth-order valence-corrected chi connectivity index (χ4v) is 5.32. The Balaban J connectivity index is 1.35. The van der Waals surface area contributed by atoms with E-state index in [2.05, 4.69) is 13.0 Å². The van der Waals surface area contributed by atoms with Crippen molar-refractivity contribution in [3.63, 3.8) is 0 Å². The highest BCUT2D eigenvalue weighted by Gasteiger charge is 2.40. The third-order valence-electron chi connectivity index (χ3n) is 7.07. The molecule has 1 fully saturated rings. The number of ether oxygens (including phenoxy) is 2. The van der Waals surface area contributed by atoms with Crippen LogP contribution in [-0.4, -0.2) is 13.2 Å². The lowest BCUT2D eigenvalue weighted by atomic mass is 9.88. The van der Waals surface area contributed by atoms with E-state index in [4.69, 9.17) is 9.47 Å². The number of rotatable bonds is 10. The van der Waals surface area contributed by atoms with Crippen LogP contribution in [0.1, 0.15) is 58.8 Å². The molecule has 32 heavy (non-hydrogen) atoms. The van der Waals surface area contributed by atoms with Gasteiger partial charge in [0.15, 0.2) is 11.6 Å². The van der Waals surface area contributed by atoms with Gasteiger partial charge in [0, 0.05) is 5.56 Å². The average molecular weight is 441 g/mol. The van der Waals surface area contributed by atoms with Gasteiger partial charge in [-0.05, 0) is 79.7 Å². The van der Waals surface area contributed by atoms with E-state index in [0.29, 0.717) is 18.1 Å². The third kappa shape index (κ3) is 4.84. The molecule has 0 N–H and O–H groups in total. The first kappa shape index (κ1) is 22.8. The maximum atomic E-state index is 14.6. The van der Waals surface area contributed by atoms with Gasteiger partial charge in [-0.2, -0.15) is 4.39 Å². The van der Waals surface area contributed by atoms with E-state index in [-0.39, 0.29) is 11.3 Å². The number of hydrogen-bond donors (Lipinski definition) is 0. The van der Waals surface area contributed by atoms with Crippen molar-refractivity contribution in [3.8, 4) is 22.6 Å². The summed E-state index contributed by atoms with van der Waals surface area (Å²) in [5.74, 6) is 1.03. The van der Waals surface area contributed by atoms with Gasteiger partial charge in [0.2, 0.25) is 5.82 Å². The minimum Gasteiger partial charge on any atom is -0.493 e. The second-order valence-electron chi connectivity index (χ2n) is 9.15. The third-order valence-corrected chi connectivity index (χ3v) is 7.07. The standard InChI is InChI=1S/C28H34F2O2/c1-3-5-17-31-26-16-15-25(27(29)28(26)30)20-7-11-22(12-8-20)32-18-21-10-14-23-19(6-4-2)9-13-24(21)23/h7-9,11-12,15-16,21,23-24H,3-6,10,13-14,17-18H2,1-2H3. The molecule has 0 amide bonds. The molecule has 2 aromatic carbocycles. The Labute approximate surface area is 190 Å². The minimum atomic E-state index is -0.928. The second-order valence-corrected chi connectivity index (χ2v) is 9.15. The molecule has 4 rings (SSSR count). The first-order valence-electron chi connectivity index (χ1n) is 12.1. The van der Waals surface area contributed by atoms with Gasteiger partial charge in [0.25, 0.3) is 0 Å². The highest BCUT2D eigenvalue weighted by Crippen LogP contribution is 2.49. The summed E-state index contributed by atoms with van der Waals surface area (Å²) < 4.78 is 40.5. The predicted molar refractivity (Wildman–Crippen MR) is 125 cm³/mol. The summed E-state index contributed by atoms with van der Waals surface area (Å²) in [6.45, 7) is 5.39. The molecule has 2 nitrogen and oxygen atoms in total. The van der Waals surface area contributed by atoms with Gasteiger partial charge in [-0.25, -0.2) is 4.39 Å². The molecular formula is C28H34F2O2. The van der Waals surface area contributed by atoms with Crippen LogP contribution >= 0.6 is 0 Å². The van der Waals surface area contributed by atoms with Gasteiger partial charge in [0.1, 0.15) is 5.75 Å². The second kappa shape index (κ2) is 10.5. The highest BCUT2D eigenvalue weighted by molar-refractivity contribution is 5.66. The largest absolute Gasteiger partial charge is 0.493 e. The van der Waals surface area contributed by atoms with Crippen molar-refractivity contribution in [2.75, 3.05) is 13.2 Å². The van der Waals surface area contributed by atoms with Crippen molar-refractivity contribution in [1.82, 2.24) is 0 Å². The predicted octanol–water partition coefficient (Wildman–Crippen LogP) is 7.96. The van der Waals surface area contributed by atoms with Crippen LogP contribution in [0.5, 0.6) is 11.5 Å². The van der Waals surface area contributed by atoms with Crippen LogP contribution in [0.2, 0.25) is 0 Å². The quantitative estimate of drug-likeness (QED) is 0.275. The zero-order valence-corrected chi connectivity index (χ0v) is 19.2. The Morgan fingerprint density at radius 3 is 2.47 bits per heavy atom. The lowest BCUT2D eigenvalue weighted by Crippen LogP contribution is -2.18. The molecule has 3 atom stereocenters. The summed E-state index contributed by atoms with van der Waals surface area (Å²) in [5, 5.41) is 0. The molecule has 0 aromatic heterocycles. The summed E-state index contributed by atoms with van der Waals surface area (Å²) in [5.41, 5.74) is 2.52. The van der Waals surface area contributed by atoms with Crippen molar-refractivity contribution in [1.29, 1.82) is 0 Å². The molecule has 2 aliphatic carbocycles. The summed E-state index contributed by atoms with van der Waals surface area (Å²) >= 11 is 0. The summed E-state index contributed by atoms with van der Waals surface area (Å²) in [4.78, 5) is 0. The zero-order chi connectivity index (χ0) is 22.5. The maximum Gasteiger partial charge on any atom is 0.201 e. The summed E-state index contributed by atoms with van der Waals surface area (Å²) in [6.07, 6.45) is 10.4. The molecule has 0 aliphatic heterocycles. The molecular weight excluding hydrogens is 406 g/mol. The van der Waals surface area contributed by atoms with E-state index in [9.17, 15) is 8.78 Å². The summed E-state index contributed by atoms with van der Waals surface area (Å²) in [6, 6.07) is 10.4. The van der Waals surface area contributed by atoms with E-state index in [1.807, 2.05) is 19.1 Å². The normalized spacial score (nSPS) is 22.0. The van der Waals surface area contributed by atoms with Crippen LogP contribution < -0.4 is 9.47 Å². The van der Waals surface area contributed by atoms with Gasteiger partial charge < -0.3 is 9.47 Å². The smallest absolute Gasteiger partial charge is 0.201 e. The molecule has 0 spiro atoms. The monoisotopic (exact) mass is 440 g/mol. The van der Waals surface area contributed by atoms with Crippen LogP contribution in [0.15, 0.2) is 48.0 Å². The van der Waals surface area contributed by atoms with Gasteiger partial charge in [-0.3, -0.25) is 0 Å². The number of benzene rings is 2. The van der Waals surface area contributed by atoms with Crippen LogP contribution in [0, 0.1) is 29.4 Å². The van der Waals surface area contributed by atoms with Crippen LogP contribution in [0.3, 0.4) is 0 Å². The molecule has 0 bridgehead atoms.